The Bertz CT molecular complexity index is 1290. The number of aliphatic hydroxyl groups is 3. The first kappa shape index (κ1) is 24.2. The number of anilines is 1. The lowest BCUT2D eigenvalue weighted by atomic mass is 10.1. The number of carbonyl (C=O) groups excluding carboxylic acids is 1. The molecule has 0 unspecified atom stereocenters. The molecule has 12 heteroatoms. The summed E-state index contributed by atoms with van der Waals surface area (Å²) in [5, 5.41) is 32.3. The number of aromatic nitrogens is 1. The van der Waals surface area contributed by atoms with E-state index in [0.717, 1.165) is 22.9 Å². The molecule has 1 fully saturated rings. The average Bonchev–Trinajstić information content (AvgIpc) is 3.08. The van der Waals surface area contributed by atoms with Gasteiger partial charge in [-0.3, -0.25) is 9.59 Å². The fourth-order valence-corrected chi connectivity index (χ4v) is 3.87. The van der Waals surface area contributed by atoms with Crippen LogP contribution in [0.1, 0.15) is 22.1 Å². The second-order valence-corrected chi connectivity index (χ2v) is 8.14. The van der Waals surface area contributed by atoms with E-state index in [1.165, 1.54) is 24.3 Å². The van der Waals surface area contributed by atoms with Gasteiger partial charge >= 0.3 is 6.18 Å². The zero-order chi connectivity index (χ0) is 24.8. The number of hydrogen-bond acceptors (Lipinski definition) is 6. The highest BCUT2D eigenvalue weighted by molar-refractivity contribution is 6.30. The number of hydrogen-bond donors (Lipinski definition) is 4. The van der Waals surface area contributed by atoms with Gasteiger partial charge in [-0.15, -0.1) is 0 Å². The van der Waals surface area contributed by atoms with Crippen LogP contribution in [0.5, 0.6) is 0 Å². The highest BCUT2D eigenvalue weighted by Crippen LogP contribution is 2.34. The summed E-state index contributed by atoms with van der Waals surface area (Å²) in [6, 6.07) is 8.27. The molecule has 2 aromatic carbocycles. The molecule has 180 valence electrons. The summed E-state index contributed by atoms with van der Waals surface area (Å²) in [5.74, 6) is -0.924. The lowest BCUT2D eigenvalue weighted by molar-refractivity contribution is -0.137. The van der Waals surface area contributed by atoms with Crippen LogP contribution in [0.25, 0.3) is 10.9 Å². The summed E-state index contributed by atoms with van der Waals surface area (Å²) < 4.78 is 46.5. The second kappa shape index (κ2) is 9.01. The molecule has 4 atom stereocenters. The third-order valence-electron chi connectivity index (χ3n) is 5.50. The largest absolute Gasteiger partial charge is 0.416 e. The van der Waals surface area contributed by atoms with Crippen LogP contribution in [-0.4, -0.2) is 50.7 Å². The molecule has 1 amide bonds. The van der Waals surface area contributed by atoms with Crippen molar-refractivity contribution in [1.29, 1.82) is 0 Å². The van der Waals surface area contributed by atoms with Gasteiger partial charge in [-0.25, -0.2) is 0 Å². The standard InChI is InChI=1S/C22H18ClF3N2O6/c23-11-2-4-12(5-3-11)27-20(33)14-8-28(21-19(32)18(31)16(9-29)34-21)15-6-1-10(22(24,25)26)7-13(15)17(14)30/h1-8,16,18-19,21,29,31-32H,9H2,(H,27,33)/t16-,18-,19-,21-/m1/s1. The number of benzene rings is 2. The van der Waals surface area contributed by atoms with Gasteiger partial charge in [0.1, 0.15) is 23.9 Å². The summed E-state index contributed by atoms with van der Waals surface area (Å²) in [4.78, 5) is 26.0. The molecule has 1 aliphatic rings. The minimum Gasteiger partial charge on any atom is -0.394 e. The summed E-state index contributed by atoms with van der Waals surface area (Å²) in [5.41, 5.74) is -2.41. The van der Waals surface area contributed by atoms with Gasteiger partial charge in [0.15, 0.2) is 6.23 Å². The van der Waals surface area contributed by atoms with Crippen LogP contribution >= 0.6 is 11.6 Å². The van der Waals surface area contributed by atoms with Crippen molar-refractivity contribution in [3.63, 3.8) is 0 Å². The monoisotopic (exact) mass is 498 g/mol. The molecule has 4 N–H and O–H groups in total. The van der Waals surface area contributed by atoms with Crippen LogP contribution in [0.4, 0.5) is 18.9 Å². The maximum atomic E-state index is 13.3. The number of rotatable bonds is 4. The third-order valence-corrected chi connectivity index (χ3v) is 5.75. The Morgan fingerprint density at radius 3 is 2.38 bits per heavy atom. The Kier molecular flexibility index (Phi) is 6.40. The molecule has 8 nitrogen and oxygen atoms in total. The molecular weight excluding hydrogens is 481 g/mol. The van der Waals surface area contributed by atoms with E-state index in [1.54, 1.807) is 0 Å². The second-order valence-electron chi connectivity index (χ2n) is 7.70. The van der Waals surface area contributed by atoms with Crippen LogP contribution in [0.3, 0.4) is 0 Å². The van der Waals surface area contributed by atoms with Gasteiger partial charge < -0.3 is 29.9 Å². The number of nitrogens with one attached hydrogen (secondary N) is 1. The lowest BCUT2D eigenvalue weighted by Gasteiger charge is -2.22. The summed E-state index contributed by atoms with van der Waals surface area (Å²) >= 11 is 5.82. The molecule has 0 bridgehead atoms. The molecular formula is C22H18ClF3N2O6. The first-order valence-corrected chi connectivity index (χ1v) is 10.3. The van der Waals surface area contributed by atoms with E-state index in [9.17, 15) is 38.1 Å². The Hall–Kier alpha value is -2.96. The minimum absolute atomic E-state index is 0.0733. The van der Waals surface area contributed by atoms with Gasteiger partial charge in [-0.1, -0.05) is 11.6 Å². The molecule has 0 saturated carbocycles. The van der Waals surface area contributed by atoms with Gasteiger partial charge in [-0.2, -0.15) is 13.2 Å². The van der Waals surface area contributed by atoms with Crippen LogP contribution in [0.15, 0.2) is 53.5 Å². The van der Waals surface area contributed by atoms with Gasteiger partial charge in [0, 0.05) is 22.3 Å². The molecule has 1 aliphatic heterocycles. The smallest absolute Gasteiger partial charge is 0.394 e. The summed E-state index contributed by atoms with van der Waals surface area (Å²) in [7, 11) is 0. The van der Waals surface area contributed by atoms with Crippen molar-refractivity contribution >= 4 is 34.1 Å². The number of halogens is 4. The molecule has 0 radical (unpaired) electrons. The number of carbonyl (C=O) groups is 1. The Morgan fingerprint density at radius 1 is 1.12 bits per heavy atom. The first-order chi connectivity index (χ1) is 16.0. The van der Waals surface area contributed by atoms with Gasteiger partial charge in [0.25, 0.3) is 5.91 Å². The molecule has 34 heavy (non-hydrogen) atoms. The molecule has 4 rings (SSSR count). The van der Waals surface area contributed by atoms with Gasteiger partial charge in [0.2, 0.25) is 5.43 Å². The van der Waals surface area contributed by atoms with E-state index < -0.39 is 65.2 Å². The summed E-state index contributed by atoms with van der Waals surface area (Å²) in [6.07, 6.45) is -9.41. The van der Waals surface area contributed by atoms with E-state index in [0.29, 0.717) is 11.1 Å². The van der Waals surface area contributed by atoms with E-state index in [1.807, 2.05) is 0 Å². The number of fused-ring (bicyclic) bond motifs is 1. The SMILES string of the molecule is O=C(Nc1ccc(Cl)cc1)c1cn([C@@H]2O[C@H](CO)[C@@H](O)[C@H]2O)c2ccc(C(F)(F)F)cc2c1=O. The van der Waals surface area contributed by atoms with Crippen molar-refractivity contribution in [3.8, 4) is 0 Å². The lowest BCUT2D eigenvalue weighted by Crippen LogP contribution is -2.33. The fraction of sp³-hybridized carbons (Fsp3) is 0.273. The number of aliphatic hydroxyl groups excluding tert-OH is 3. The topological polar surface area (TPSA) is 121 Å². The maximum Gasteiger partial charge on any atom is 0.416 e. The molecule has 2 heterocycles. The first-order valence-electron chi connectivity index (χ1n) is 9.96. The van der Waals surface area contributed by atoms with Crippen molar-refractivity contribution in [2.24, 2.45) is 0 Å². The number of nitrogens with zero attached hydrogens (tertiary/aromatic N) is 1. The van der Waals surface area contributed by atoms with Crippen molar-refractivity contribution < 1.29 is 38.0 Å². The molecule has 1 aromatic heterocycles. The van der Waals surface area contributed by atoms with Crippen LogP contribution in [0, 0.1) is 0 Å². The highest BCUT2D eigenvalue weighted by Gasteiger charge is 2.44. The van der Waals surface area contributed by atoms with Crippen molar-refractivity contribution in [2.75, 3.05) is 11.9 Å². The molecule has 1 saturated heterocycles. The normalized spacial score (nSPS) is 22.8. The van der Waals surface area contributed by atoms with Crippen molar-refractivity contribution in [3.05, 3.63) is 75.0 Å². The Balaban J connectivity index is 1.88. The number of pyridine rings is 1. The quantitative estimate of drug-likeness (QED) is 0.439. The number of ether oxygens (including phenoxy) is 1. The van der Waals surface area contributed by atoms with Gasteiger partial charge in [0.05, 0.1) is 17.7 Å². The zero-order valence-electron chi connectivity index (χ0n) is 17.2. The predicted molar refractivity (Wildman–Crippen MR) is 116 cm³/mol. The van der Waals surface area contributed by atoms with E-state index in [-0.39, 0.29) is 11.2 Å². The maximum absolute atomic E-state index is 13.3. The van der Waals surface area contributed by atoms with E-state index >= 15 is 0 Å². The minimum atomic E-state index is -4.76. The van der Waals surface area contributed by atoms with Crippen molar-refractivity contribution in [2.45, 2.75) is 30.7 Å². The molecule has 0 spiro atoms. The predicted octanol–water partition coefficient (Wildman–Crippen LogP) is 2.54. The summed E-state index contributed by atoms with van der Waals surface area (Å²) in [6.45, 7) is -0.644. The Morgan fingerprint density at radius 2 is 1.79 bits per heavy atom. The van der Waals surface area contributed by atoms with Crippen LogP contribution in [-0.2, 0) is 10.9 Å². The average molecular weight is 499 g/mol. The number of amides is 1. The highest BCUT2D eigenvalue weighted by atomic mass is 35.5. The third kappa shape index (κ3) is 4.40. The Labute approximate surface area is 194 Å². The zero-order valence-corrected chi connectivity index (χ0v) is 17.9. The molecule has 0 aliphatic carbocycles. The van der Waals surface area contributed by atoms with Crippen molar-refractivity contribution in [1.82, 2.24) is 4.57 Å². The van der Waals surface area contributed by atoms with E-state index in [2.05, 4.69) is 5.32 Å². The van der Waals surface area contributed by atoms with Crippen LogP contribution < -0.4 is 10.7 Å². The molecule has 3 aromatic rings. The number of alkyl halides is 3. The van der Waals surface area contributed by atoms with Crippen LogP contribution in [0.2, 0.25) is 5.02 Å². The fourth-order valence-electron chi connectivity index (χ4n) is 3.75. The van der Waals surface area contributed by atoms with E-state index in [4.69, 9.17) is 16.3 Å². The van der Waals surface area contributed by atoms with Gasteiger partial charge in [-0.05, 0) is 42.5 Å².